The normalized spacial score (nSPS) is 10.3. The van der Waals surface area contributed by atoms with Crippen LogP contribution in [0.5, 0.6) is 0 Å². The molecule has 0 saturated carbocycles. The van der Waals surface area contributed by atoms with E-state index in [1.54, 1.807) is 48.0 Å². The number of para-hydroxylation sites is 1. The molecule has 116 valence electrons. The van der Waals surface area contributed by atoms with Crippen molar-refractivity contribution in [3.8, 4) is 10.8 Å². The summed E-state index contributed by atoms with van der Waals surface area (Å²) in [4.78, 5) is 28.3. The maximum Gasteiger partial charge on any atom is 0.339 e. The van der Waals surface area contributed by atoms with Crippen molar-refractivity contribution < 1.29 is 18.7 Å². The number of carbonyl (C=O) groups excluding carboxylic acids is 2. The average molecular weight is 328 g/mol. The largest absolute Gasteiger partial charge is 0.465 e. The van der Waals surface area contributed by atoms with Gasteiger partial charge >= 0.3 is 5.97 Å². The van der Waals surface area contributed by atoms with E-state index >= 15 is 0 Å². The van der Waals surface area contributed by atoms with Crippen LogP contribution in [0.2, 0.25) is 0 Å². The Morgan fingerprint density at radius 1 is 1.22 bits per heavy atom. The van der Waals surface area contributed by atoms with Crippen LogP contribution in [0.1, 0.15) is 20.8 Å². The van der Waals surface area contributed by atoms with E-state index in [0.717, 1.165) is 0 Å². The van der Waals surface area contributed by atoms with Crippen LogP contribution < -0.4 is 5.32 Å². The number of ether oxygens (including phenoxy) is 1. The third kappa shape index (κ3) is 3.14. The van der Waals surface area contributed by atoms with Crippen LogP contribution in [-0.2, 0) is 4.74 Å². The topological polar surface area (TPSA) is 81.4 Å². The van der Waals surface area contributed by atoms with Crippen molar-refractivity contribution in [2.75, 3.05) is 12.4 Å². The molecular formula is C16H12N2O4S. The highest BCUT2D eigenvalue weighted by Crippen LogP contribution is 2.24. The van der Waals surface area contributed by atoms with E-state index in [1.807, 2.05) is 0 Å². The van der Waals surface area contributed by atoms with Crippen molar-refractivity contribution in [1.29, 1.82) is 0 Å². The van der Waals surface area contributed by atoms with Crippen molar-refractivity contribution in [3.05, 3.63) is 59.3 Å². The summed E-state index contributed by atoms with van der Waals surface area (Å²) in [6.07, 6.45) is 1.54. The smallest absolute Gasteiger partial charge is 0.339 e. The molecular weight excluding hydrogens is 316 g/mol. The number of anilines is 1. The lowest BCUT2D eigenvalue weighted by atomic mass is 10.2. The first kappa shape index (κ1) is 15.0. The summed E-state index contributed by atoms with van der Waals surface area (Å²) in [7, 11) is 1.29. The Hall–Kier alpha value is -2.93. The van der Waals surface area contributed by atoms with Crippen molar-refractivity contribution >= 4 is 28.9 Å². The molecule has 6 nitrogen and oxygen atoms in total. The van der Waals surface area contributed by atoms with Gasteiger partial charge in [0.25, 0.3) is 5.91 Å². The van der Waals surface area contributed by atoms with Gasteiger partial charge in [0.1, 0.15) is 5.69 Å². The molecule has 0 spiro atoms. The van der Waals surface area contributed by atoms with Gasteiger partial charge in [0.05, 0.1) is 24.6 Å². The summed E-state index contributed by atoms with van der Waals surface area (Å²) in [5, 5.41) is 4.92. The van der Waals surface area contributed by atoms with E-state index in [4.69, 9.17) is 9.15 Å². The molecule has 1 N–H and O–H groups in total. The van der Waals surface area contributed by atoms with Gasteiger partial charge in [0, 0.05) is 5.38 Å². The van der Waals surface area contributed by atoms with Crippen molar-refractivity contribution in [2.45, 2.75) is 0 Å². The zero-order valence-electron chi connectivity index (χ0n) is 12.1. The fraction of sp³-hybridized carbons (Fsp3) is 0.0625. The molecule has 0 fully saturated rings. The lowest BCUT2D eigenvalue weighted by molar-refractivity contribution is 0.0602. The molecule has 0 saturated heterocycles. The number of amides is 1. The fourth-order valence-corrected chi connectivity index (χ4v) is 2.72. The fourth-order valence-electron chi connectivity index (χ4n) is 1.96. The number of carbonyl (C=O) groups is 2. The van der Waals surface area contributed by atoms with Crippen LogP contribution in [0.4, 0.5) is 5.69 Å². The highest BCUT2D eigenvalue weighted by atomic mass is 32.1. The van der Waals surface area contributed by atoms with E-state index in [-0.39, 0.29) is 11.3 Å². The number of aromatic nitrogens is 1. The Morgan fingerprint density at radius 3 is 2.78 bits per heavy atom. The molecule has 2 aromatic heterocycles. The van der Waals surface area contributed by atoms with Gasteiger partial charge in [0.15, 0.2) is 10.8 Å². The quantitative estimate of drug-likeness (QED) is 0.742. The zero-order valence-corrected chi connectivity index (χ0v) is 12.9. The molecule has 1 amide bonds. The molecule has 0 aliphatic carbocycles. The van der Waals surface area contributed by atoms with Crippen LogP contribution in [-0.4, -0.2) is 24.0 Å². The first-order valence-corrected chi connectivity index (χ1v) is 7.55. The molecule has 23 heavy (non-hydrogen) atoms. The van der Waals surface area contributed by atoms with E-state index in [1.165, 1.54) is 18.4 Å². The summed E-state index contributed by atoms with van der Waals surface area (Å²) in [6, 6.07) is 10.1. The predicted molar refractivity (Wildman–Crippen MR) is 85.6 cm³/mol. The average Bonchev–Trinajstić information content (AvgIpc) is 3.25. The number of esters is 1. The number of hydrogen-bond acceptors (Lipinski definition) is 6. The predicted octanol–water partition coefficient (Wildman–Crippen LogP) is 3.44. The number of thiazole rings is 1. The first-order chi connectivity index (χ1) is 11.2. The van der Waals surface area contributed by atoms with Crippen LogP contribution in [0.15, 0.2) is 52.5 Å². The summed E-state index contributed by atoms with van der Waals surface area (Å²) in [5.74, 6) is -0.324. The van der Waals surface area contributed by atoms with E-state index < -0.39 is 11.9 Å². The maximum atomic E-state index is 12.3. The van der Waals surface area contributed by atoms with Crippen LogP contribution in [0, 0.1) is 0 Å². The number of methoxy groups -OCH3 is 1. The van der Waals surface area contributed by atoms with E-state index in [9.17, 15) is 9.59 Å². The van der Waals surface area contributed by atoms with Crippen LogP contribution in [0.3, 0.4) is 0 Å². The van der Waals surface area contributed by atoms with Gasteiger partial charge in [0.2, 0.25) is 0 Å². The standard InChI is InChI=1S/C16H12N2O4S/c1-21-16(20)10-5-2-3-6-11(10)17-14(19)12-9-23-15(18-12)13-7-4-8-22-13/h2-9H,1H3,(H,17,19). The van der Waals surface area contributed by atoms with E-state index in [0.29, 0.717) is 16.5 Å². The van der Waals surface area contributed by atoms with Crippen molar-refractivity contribution in [2.24, 2.45) is 0 Å². The highest BCUT2D eigenvalue weighted by molar-refractivity contribution is 7.13. The Bertz CT molecular complexity index is 839. The summed E-state index contributed by atoms with van der Waals surface area (Å²) in [6.45, 7) is 0. The minimum atomic E-state index is -0.518. The SMILES string of the molecule is COC(=O)c1ccccc1NC(=O)c1csc(-c2ccco2)n1. The van der Waals surface area contributed by atoms with Gasteiger partial charge < -0.3 is 14.5 Å². The monoisotopic (exact) mass is 328 g/mol. The van der Waals surface area contributed by atoms with Crippen LogP contribution in [0.25, 0.3) is 10.8 Å². The van der Waals surface area contributed by atoms with Crippen molar-refractivity contribution in [1.82, 2.24) is 4.98 Å². The van der Waals surface area contributed by atoms with E-state index in [2.05, 4.69) is 10.3 Å². The second-order valence-corrected chi connectivity index (χ2v) is 5.36. The third-order valence-corrected chi connectivity index (χ3v) is 3.91. The Balaban J connectivity index is 1.82. The summed E-state index contributed by atoms with van der Waals surface area (Å²) in [5.41, 5.74) is 0.905. The molecule has 0 radical (unpaired) electrons. The number of furan rings is 1. The van der Waals surface area contributed by atoms with Gasteiger partial charge in [-0.1, -0.05) is 12.1 Å². The molecule has 0 unspecified atom stereocenters. The van der Waals surface area contributed by atoms with Gasteiger partial charge in [-0.25, -0.2) is 9.78 Å². The molecule has 0 aliphatic heterocycles. The van der Waals surface area contributed by atoms with Gasteiger partial charge in [-0.05, 0) is 24.3 Å². The van der Waals surface area contributed by atoms with Crippen LogP contribution >= 0.6 is 11.3 Å². The van der Waals surface area contributed by atoms with Gasteiger partial charge in [-0.2, -0.15) is 0 Å². The maximum absolute atomic E-state index is 12.3. The van der Waals surface area contributed by atoms with Gasteiger partial charge in [-0.3, -0.25) is 4.79 Å². The second-order valence-electron chi connectivity index (χ2n) is 4.51. The molecule has 3 aromatic rings. The number of benzene rings is 1. The lowest BCUT2D eigenvalue weighted by Crippen LogP contribution is -2.15. The number of nitrogens with zero attached hydrogens (tertiary/aromatic N) is 1. The number of hydrogen-bond donors (Lipinski definition) is 1. The van der Waals surface area contributed by atoms with Crippen molar-refractivity contribution in [3.63, 3.8) is 0 Å². The molecule has 2 heterocycles. The molecule has 1 aromatic carbocycles. The molecule has 3 rings (SSSR count). The summed E-state index contributed by atoms with van der Waals surface area (Å²) < 4.78 is 9.95. The Kier molecular flexibility index (Phi) is 4.20. The first-order valence-electron chi connectivity index (χ1n) is 6.67. The Labute approximate surface area is 135 Å². The zero-order chi connectivity index (χ0) is 16.2. The van der Waals surface area contributed by atoms with Gasteiger partial charge in [-0.15, -0.1) is 11.3 Å². The summed E-state index contributed by atoms with van der Waals surface area (Å²) >= 11 is 1.30. The molecule has 0 bridgehead atoms. The third-order valence-electron chi connectivity index (χ3n) is 3.05. The minimum Gasteiger partial charge on any atom is -0.465 e. The molecule has 0 atom stereocenters. The second kappa shape index (κ2) is 6.45. The lowest BCUT2D eigenvalue weighted by Gasteiger charge is -2.08. The highest BCUT2D eigenvalue weighted by Gasteiger charge is 2.17. The molecule has 7 heteroatoms. The molecule has 0 aliphatic rings. The number of nitrogens with one attached hydrogen (secondary N) is 1. The number of rotatable bonds is 4. The minimum absolute atomic E-state index is 0.251. The Morgan fingerprint density at radius 2 is 2.04 bits per heavy atom.